The summed E-state index contributed by atoms with van der Waals surface area (Å²) >= 11 is 1.32. The number of nitrogens with zero attached hydrogens (tertiary/aromatic N) is 4. The van der Waals surface area contributed by atoms with Crippen molar-refractivity contribution in [2.75, 3.05) is 12.4 Å². The molecule has 37 heavy (non-hydrogen) atoms. The van der Waals surface area contributed by atoms with Crippen molar-refractivity contribution in [1.29, 1.82) is 0 Å². The average molecular weight is 556 g/mol. The predicted molar refractivity (Wildman–Crippen MR) is 131 cm³/mol. The molecule has 5 rings (SSSR count). The number of thioether (sulfide) groups is 1. The number of benzene rings is 1. The molecule has 0 amide bonds. The van der Waals surface area contributed by atoms with Crippen molar-refractivity contribution in [1.82, 2.24) is 19.5 Å². The SMILES string of the molecule is COc1cc(Nc2nc3c(c(OS(=O)(=O)C(F)(F)F)n2)SC2(CCCCC2)C3)ccc1-n1cnc(C)c1. The summed E-state index contributed by atoms with van der Waals surface area (Å²) in [4.78, 5) is 13.0. The zero-order valence-corrected chi connectivity index (χ0v) is 21.6. The van der Waals surface area contributed by atoms with Crippen LogP contribution in [0.2, 0.25) is 0 Å². The Hall–Kier alpha value is -3.00. The number of imidazole rings is 1. The summed E-state index contributed by atoms with van der Waals surface area (Å²) in [5.74, 6) is -0.195. The third kappa shape index (κ3) is 5.08. The highest BCUT2D eigenvalue weighted by Crippen LogP contribution is 2.55. The Kier molecular flexibility index (Phi) is 6.51. The minimum atomic E-state index is -5.91. The van der Waals surface area contributed by atoms with E-state index in [1.54, 1.807) is 29.1 Å². The van der Waals surface area contributed by atoms with Crippen LogP contribution in [0.4, 0.5) is 24.8 Å². The highest BCUT2D eigenvalue weighted by Gasteiger charge is 2.50. The first-order chi connectivity index (χ1) is 17.5. The molecule has 1 aromatic carbocycles. The molecule has 0 radical (unpaired) electrons. The molecule has 9 nitrogen and oxygen atoms in total. The van der Waals surface area contributed by atoms with Crippen LogP contribution in [0.15, 0.2) is 35.6 Å². The number of halogens is 3. The number of methoxy groups -OCH3 is 1. The van der Waals surface area contributed by atoms with Crippen LogP contribution < -0.4 is 14.2 Å². The van der Waals surface area contributed by atoms with E-state index in [0.717, 1.165) is 43.5 Å². The lowest BCUT2D eigenvalue weighted by atomic mass is 9.85. The van der Waals surface area contributed by atoms with Gasteiger partial charge >= 0.3 is 15.6 Å². The Morgan fingerprint density at radius 1 is 1.16 bits per heavy atom. The van der Waals surface area contributed by atoms with Crippen LogP contribution in [0.3, 0.4) is 0 Å². The number of nitrogens with one attached hydrogen (secondary N) is 1. The molecule has 2 aromatic heterocycles. The van der Waals surface area contributed by atoms with E-state index in [1.807, 2.05) is 13.1 Å². The van der Waals surface area contributed by atoms with Gasteiger partial charge in [0.25, 0.3) is 5.88 Å². The summed E-state index contributed by atoms with van der Waals surface area (Å²) in [6, 6.07) is 5.16. The number of aryl methyl sites for hydroxylation is 1. The Morgan fingerprint density at radius 2 is 1.92 bits per heavy atom. The van der Waals surface area contributed by atoms with Gasteiger partial charge in [0.1, 0.15) is 5.75 Å². The van der Waals surface area contributed by atoms with Crippen molar-refractivity contribution in [3.8, 4) is 17.3 Å². The lowest BCUT2D eigenvalue weighted by Crippen LogP contribution is -2.28. The molecule has 2 aliphatic rings. The van der Waals surface area contributed by atoms with E-state index in [2.05, 4.69) is 24.5 Å². The second-order valence-electron chi connectivity index (χ2n) is 9.07. The monoisotopic (exact) mass is 555 g/mol. The number of fused-ring (bicyclic) bond motifs is 1. The van der Waals surface area contributed by atoms with Crippen LogP contribution in [-0.4, -0.2) is 45.3 Å². The second kappa shape index (κ2) is 9.39. The van der Waals surface area contributed by atoms with E-state index in [4.69, 9.17) is 4.74 Å². The van der Waals surface area contributed by atoms with E-state index >= 15 is 0 Å². The molecular weight excluding hydrogens is 531 g/mol. The van der Waals surface area contributed by atoms with Crippen LogP contribution in [0.1, 0.15) is 43.5 Å². The highest BCUT2D eigenvalue weighted by atomic mass is 32.2. The van der Waals surface area contributed by atoms with Crippen molar-refractivity contribution in [3.05, 3.63) is 42.1 Å². The Balaban J connectivity index is 1.50. The Bertz CT molecular complexity index is 1440. The fourth-order valence-electron chi connectivity index (χ4n) is 4.64. The number of anilines is 2. The van der Waals surface area contributed by atoms with E-state index in [-0.39, 0.29) is 15.6 Å². The molecule has 1 aliphatic carbocycles. The Morgan fingerprint density at radius 3 is 2.57 bits per heavy atom. The van der Waals surface area contributed by atoms with Gasteiger partial charge in [0.2, 0.25) is 5.95 Å². The van der Waals surface area contributed by atoms with Crippen LogP contribution in [0, 0.1) is 6.92 Å². The molecule has 14 heteroatoms. The third-order valence-electron chi connectivity index (χ3n) is 6.38. The zero-order valence-electron chi connectivity index (χ0n) is 20.0. The number of hydrogen-bond acceptors (Lipinski definition) is 9. The smallest absolute Gasteiger partial charge is 0.494 e. The predicted octanol–water partition coefficient (Wildman–Crippen LogP) is 5.30. The first-order valence-electron chi connectivity index (χ1n) is 11.6. The molecule has 3 aromatic rings. The van der Waals surface area contributed by atoms with Gasteiger partial charge < -0.3 is 18.8 Å². The van der Waals surface area contributed by atoms with Crippen molar-refractivity contribution < 1.29 is 30.5 Å². The topological polar surface area (TPSA) is 108 Å². The van der Waals surface area contributed by atoms with E-state index in [0.29, 0.717) is 23.6 Å². The number of hydrogen-bond donors (Lipinski definition) is 1. The van der Waals surface area contributed by atoms with Gasteiger partial charge in [0.05, 0.1) is 35.4 Å². The normalized spacial score (nSPS) is 17.0. The lowest BCUT2D eigenvalue weighted by molar-refractivity contribution is -0.0502. The van der Waals surface area contributed by atoms with Crippen molar-refractivity contribution in [2.45, 2.75) is 60.6 Å². The first kappa shape index (κ1) is 25.6. The average Bonchev–Trinajstić information content (AvgIpc) is 3.42. The van der Waals surface area contributed by atoms with Crippen molar-refractivity contribution >= 4 is 33.5 Å². The van der Waals surface area contributed by atoms with Crippen LogP contribution in [-0.2, 0) is 16.5 Å². The molecule has 0 bridgehead atoms. The molecule has 0 atom stereocenters. The molecule has 1 aliphatic heterocycles. The maximum Gasteiger partial charge on any atom is 0.534 e. The quantitative estimate of drug-likeness (QED) is 0.320. The highest BCUT2D eigenvalue weighted by molar-refractivity contribution is 8.01. The number of aromatic nitrogens is 4. The maximum absolute atomic E-state index is 13.1. The lowest BCUT2D eigenvalue weighted by Gasteiger charge is -2.31. The molecule has 1 spiro atoms. The number of ether oxygens (including phenoxy) is 1. The molecule has 1 N–H and O–H groups in total. The molecule has 198 valence electrons. The number of rotatable bonds is 6. The largest absolute Gasteiger partial charge is 0.534 e. The Labute approximate surface area is 215 Å². The number of alkyl halides is 3. The molecule has 1 saturated carbocycles. The molecule has 0 unspecified atom stereocenters. The van der Waals surface area contributed by atoms with Crippen LogP contribution in [0.25, 0.3) is 5.69 Å². The van der Waals surface area contributed by atoms with Gasteiger partial charge in [0, 0.05) is 29.1 Å². The van der Waals surface area contributed by atoms with Gasteiger partial charge in [-0.2, -0.15) is 26.6 Å². The molecule has 3 heterocycles. The van der Waals surface area contributed by atoms with Gasteiger partial charge in [0.15, 0.2) is 0 Å². The van der Waals surface area contributed by atoms with Gasteiger partial charge in [-0.15, -0.1) is 11.8 Å². The maximum atomic E-state index is 13.1. The fraction of sp³-hybridized carbons (Fsp3) is 0.435. The standard InChI is InChI=1S/C23H24F3N5O4S2/c1-14-12-31(13-27-14)17-7-6-15(10-18(17)34-2)28-21-29-16-11-22(8-4-3-5-9-22)36-19(16)20(30-21)35-37(32,33)23(24,25)26/h6-7,10,12-13H,3-5,8-9,11H2,1-2H3,(H,28,29,30). The fourth-order valence-corrected chi connectivity index (χ4v) is 6.66. The van der Waals surface area contributed by atoms with Gasteiger partial charge in [-0.25, -0.2) is 9.97 Å². The molecular formula is C23H24F3N5O4S2. The molecule has 1 fully saturated rings. The summed E-state index contributed by atoms with van der Waals surface area (Å²) < 4.78 is 74.7. The summed E-state index contributed by atoms with van der Waals surface area (Å²) in [6.07, 6.45) is 8.74. The molecule has 0 saturated heterocycles. The van der Waals surface area contributed by atoms with E-state index < -0.39 is 21.5 Å². The second-order valence-corrected chi connectivity index (χ2v) is 12.1. The van der Waals surface area contributed by atoms with Crippen molar-refractivity contribution in [2.24, 2.45) is 0 Å². The van der Waals surface area contributed by atoms with Crippen molar-refractivity contribution in [3.63, 3.8) is 0 Å². The van der Waals surface area contributed by atoms with Crippen LogP contribution in [0.5, 0.6) is 11.6 Å². The zero-order chi connectivity index (χ0) is 26.4. The summed E-state index contributed by atoms with van der Waals surface area (Å²) in [7, 11) is -4.40. The first-order valence-corrected chi connectivity index (χ1v) is 13.8. The van der Waals surface area contributed by atoms with E-state index in [1.165, 1.54) is 18.9 Å². The third-order valence-corrected chi connectivity index (χ3v) is 8.92. The van der Waals surface area contributed by atoms with Gasteiger partial charge in [-0.1, -0.05) is 19.3 Å². The minimum Gasteiger partial charge on any atom is -0.494 e. The summed E-state index contributed by atoms with van der Waals surface area (Å²) in [5.41, 5.74) is -3.08. The summed E-state index contributed by atoms with van der Waals surface area (Å²) in [5, 5.41) is 2.96. The van der Waals surface area contributed by atoms with Gasteiger partial charge in [-0.05, 0) is 31.9 Å². The minimum absolute atomic E-state index is 0.0761. The van der Waals surface area contributed by atoms with Crippen LogP contribution >= 0.6 is 11.8 Å². The van der Waals surface area contributed by atoms with Gasteiger partial charge in [-0.3, -0.25) is 0 Å². The summed E-state index contributed by atoms with van der Waals surface area (Å²) in [6.45, 7) is 1.86. The van der Waals surface area contributed by atoms with E-state index in [9.17, 15) is 21.6 Å².